The SMILES string of the molecule is CC1=C(CCCNC(=O)c2ccc3c(ccn3C)c2)[C@@H]2CC[C@H]3C(C)(C)[C@@H](O)CC[C@]3(C)[C@H]2CC1. The Morgan fingerprint density at radius 3 is 2.74 bits per heavy atom. The summed E-state index contributed by atoms with van der Waals surface area (Å²) in [6.07, 6.45) is 11.1. The average Bonchev–Trinajstić information content (AvgIpc) is 3.20. The van der Waals surface area contributed by atoms with E-state index in [1.807, 2.05) is 31.4 Å². The molecule has 3 aliphatic rings. The third-order valence-corrected chi connectivity index (χ3v) is 10.5. The number of nitrogens with one attached hydrogen (secondary N) is 1. The molecule has 1 aromatic carbocycles. The summed E-state index contributed by atoms with van der Waals surface area (Å²) >= 11 is 0. The van der Waals surface area contributed by atoms with Crippen LogP contribution in [0.1, 0.15) is 89.4 Å². The summed E-state index contributed by atoms with van der Waals surface area (Å²) in [6, 6.07) is 8.01. The number of carbonyl (C=O) groups is 1. The number of carbonyl (C=O) groups excluding carboxylic acids is 1. The van der Waals surface area contributed by atoms with Gasteiger partial charge in [-0.2, -0.15) is 0 Å². The number of nitrogens with zero attached hydrogens (tertiary/aromatic N) is 1. The molecule has 5 atom stereocenters. The van der Waals surface area contributed by atoms with E-state index in [4.69, 9.17) is 0 Å². The van der Waals surface area contributed by atoms with Gasteiger partial charge in [-0.3, -0.25) is 4.79 Å². The van der Waals surface area contributed by atoms with E-state index in [0.29, 0.717) is 17.3 Å². The fourth-order valence-electron chi connectivity index (χ4n) is 8.43. The summed E-state index contributed by atoms with van der Waals surface area (Å²) < 4.78 is 2.08. The van der Waals surface area contributed by atoms with E-state index in [2.05, 4.69) is 43.6 Å². The maximum Gasteiger partial charge on any atom is 0.251 e. The molecular weight excluding hydrogens is 432 g/mol. The van der Waals surface area contributed by atoms with Crippen molar-refractivity contribution in [2.24, 2.45) is 35.6 Å². The first-order valence-corrected chi connectivity index (χ1v) is 13.8. The lowest BCUT2D eigenvalue weighted by Gasteiger charge is -2.62. The molecule has 2 aromatic rings. The number of allylic oxidation sites excluding steroid dienone is 2. The maximum atomic E-state index is 12.8. The Hall–Kier alpha value is -2.07. The van der Waals surface area contributed by atoms with Crippen molar-refractivity contribution in [2.75, 3.05) is 6.54 Å². The van der Waals surface area contributed by atoms with Gasteiger partial charge >= 0.3 is 0 Å². The van der Waals surface area contributed by atoms with Crippen molar-refractivity contribution in [1.29, 1.82) is 0 Å². The summed E-state index contributed by atoms with van der Waals surface area (Å²) in [5.74, 6) is 2.06. The van der Waals surface area contributed by atoms with Crippen LogP contribution in [0, 0.1) is 28.6 Å². The molecular formula is C31H44N2O2. The van der Waals surface area contributed by atoms with Crippen LogP contribution in [-0.4, -0.2) is 28.2 Å². The molecule has 2 saturated carbocycles. The Kier molecular flexibility index (Phi) is 6.40. The van der Waals surface area contributed by atoms with Crippen molar-refractivity contribution in [2.45, 2.75) is 85.2 Å². The van der Waals surface area contributed by atoms with E-state index in [-0.39, 0.29) is 17.4 Å². The summed E-state index contributed by atoms with van der Waals surface area (Å²) in [6.45, 7) is 10.2. The number of aromatic nitrogens is 1. The van der Waals surface area contributed by atoms with Crippen LogP contribution < -0.4 is 5.32 Å². The topological polar surface area (TPSA) is 54.3 Å². The molecule has 2 fully saturated rings. The molecule has 1 heterocycles. The Bertz CT molecular complexity index is 1140. The number of hydrogen-bond donors (Lipinski definition) is 2. The normalized spacial score (nSPS) is 32.3. The van der Waals surface area contributed by atoms with Crippen LogP contribution in [0.3, 0.4) is 0 Å². The van der Waals surface area contributed by atoms with Gasteiger partial charge in [-0.05, 0) is 111 Å². The van der Waals surface area contributed by atoms with Gasteiger partial charge in [0.15, 0.2) is 0 Å². The zero-order valence-electron chi connectivity index (χ0n) is 22.4. The molecule has 0 unspecified atom stereocenters. The minimum atomic E-state index is -0.163. The van der Waals surface area contributed by atoms with Crippen molar-refractivity contribution < 1.29 is 9.90 Å². The summed E-state index contributed by atoms with van der Waals surface area (Å²) in [4.78, 5) is 12.8. The zero-order chi connectivity index (χ0) is 25.0. The molecule has 1 aromatic heterocycles. The zero-order valence-corrected chi connectivity index (χ0v) is 22.4. The molecule has 0 radical (unpaired) electrons. The molecule has 2 N–H and O–H groups in total. The third-order valence-electron chi connectivity index (χ3n) is 10.5. The van der Waals surface area contributed by atoms with Crippen molar-refractivity contribution in [3.05, 3.63) is 47.2 Å². The van der Waals surface area contributed by atoms with Gasteiger partial charge in [-0.25, -0.2) is 0 Å². The van der Waals surface area contributed by atoms with Crippen molar-refractivity contribution in [1.82, 2.24) is 9.88 Å². The molecule has 5 rings (SSSR count). The second-order valence-electron chi connectivity index (χ2n) is 12.6. The predicted molar refractivity (Wildman–Crippen MR) is 143 cm³/mol. The largest absolute Gasteiger partial charge is 0.393 e. The molecule has 1 amide bonds. The van der Waals surface area contributed by atoms with E-state index in [1.54, 1.807) is 11.1 Å². The molecule has 190 valence electrons. The second-order valence-corrected chi connectivity index (χ2v) is 12.6. The molecule has 3 aliphatic carbocycles. The van der Waals surface area contributed by atoms with Gasteiger partial charge in [-0.1, -0.05) is 31.9 Å². The van der Waals surface area contributed by atoms with E-state index >= 15 is 0 Å². The highest BCUT2D eigenvalue weighted by Gasteiger charge is 2.58. The molecule has 4 heteroatoms. The first-order chi connectivity index (χ1) is 16.6. The lowest BCUT2D eigenvalue weighted by Crippen LogP contribution is -2.56. The number of benzene rings is 1. The highest BCUT2D eigenvalue weighted by molar-refractivity contribution is 5.98. The lowest BCUT2D eigenvalue weighted by atomic mass is 9.43. The van der Waals surface area contributed by atoms with Gasteiger partial charge < -0.3 is 15.0 Å². The number of hydrogen-bond acceptors (Lipinski definition) is 2. The highest BCUT2D eigenvalue weighted by atomic mass is 16.3. The van der Waals surface area contributed by atoms with E-state index < -0.39 is 0 Å². The number of fused-ring (bicyclic) bond motifs is 4. The molecule has 4 nitrogen and oxygen atoms in total. The lowest BCUT2D eigenvalue weighted by molar-refractivity contribution is -0.149. The smallest absolute Gasteiger partial charge is 0.251 e. The van der Waals surface area contributed by atoms with Gasteiger partial charge in [0.05, 0.1) is 6.10 Å². The summed E-state index contributed by atoms with van der Waals surface area (Å²) in [7, 11) is 2.03. The maximum absolute atomic E-state index is 12.8. The molecule has 0 bridgehead atoms. The van der Waals surface area contributed by atoms with Gasteiger partial charge in [0.1, 0.15) is 0 Å². The Morgan fingerprint density at radius 2 is 1.94 bits per heavy atom. The van der Waals surface area contributed by atoms with Crippen LogP contribution in [0.5, 0.6) is 0 Å². The van der Waals surface area contributed by atoms with E-state index in [1.165, 1.54) is 25.7 Å². The van der Waals surface area contributed by atoms with Gasteiger partial charge in [0.25, 0.3) is 5.91 Å². The Labute approximate surface area is 211 Å². The Balaban J connectivity index is 1.21. The van der Waals surface area contributed by atoms with E-state index in [0.717, 1.165) is 54.6 Å². The second kappa shape index (κ2) is 9.10. The Morgan fingerprint density at radius 1 is 1.14 bits per heavy atom. The minimum Gasteiger partial charge on any atom is -0.393 e. The molecule has 35 heavy (non-hydrogen) atoms. The van der Waals surface area contributed by atoms with Crippen LogP contribution in [0.2, 0.25) is 0 Å². The monoisotopic (exact) mass is 476 g/mol. The number of aryl methyl sites for hydroxylation is 1. The number of amides is 1. The third kappa shape index (κ3) is 4.16. The fraction of sp³-hybridized carbons (Fsp3) is 0.645. The van der Waals surface area contributed by atoms with Gasteiger partial charge in [0, 0.05) is 36.3 Å². The van der Waals surface area contributed by atoms with Gasteiger partial charge in [0.2, 0.25) is 0 Å². The van der Waals surface area contributed by atoms with Crippen molar-refractivity contribution >= 4 is 16.8 Å². The highest BCUT2D eigenvalue weighted by Crippen LogP contribution is 2.64. The van der Waals surface area contributed by atoms with Crippen LogP contribution in [0.15, 0.2) is 41.6 Å². The molecule has 0 saturated heterocycles. The average molecular weight is 477 g/mol. The fourth-order valence-corrected chi connectivity index (χ4v) is 8.43. The van der Waals surface area contributed by atoms with Crippen LogP contribution in [0.4, 0.5) is 0 Å². The molecule has 0 spiro atoms. The van der Waals surface area contributed by atoms with Crippen molar-refractivity contribution in [3.63, 3.8) is 0 Å². The van der Waals surface area contributed by atoms with Crippen LogP contribution in [-0.2, 0) is 7.05 Å². The predicted octanol–water partition coefficient (Wildman–Crippen LogP) is 6.63. The molecule has 0 aliphatic heterocycles. The summed E-state index contributed by atoms with van der Waals surface area (Å²) in [5.41, 5.74) is 5.53. The van der Waals surface area contributed by atoms with Crippen LogP contribution >= 0.6 is 0 Å². The van der Waals surface area contributed by atoms with Crippen LogP contribution in [0.25, 0.3) is 10.9 Å². The van der Waals surface area contributed by atoms with E-state index in [9.17, 15) is 9.90 Å². The quantitative estimate of drug-likeness (QED) is 0.376. The first-order valence-electron chi connectivity index (χ1n) is 13.8. The summed E-state index contributed by atoms with van der Waals surface area (Å²) in [5, 5.41) is 15.0. The number of aliphatic hydroxyl groups excluding tert-OH is 1. The standard InChI is InChI=1S/C31H44N2O2/c1-20-8-11-25-24(10-13-27-30(2,3)28(34)14-16-31(25,27)4)23(20)7-6-17-32-29(35)22-9-12-26-21(19-22)15-18-33(26)5/h9,12,15,18-19,24-25,27-28,34H,6-8,10-11,13-14,16-17H2,1-5H3,(H,32,35)/t24-,25-,27-,28-,31+/m0/s1. The number of rotatable bonds is 5. The first kappa shape index (κ1) is 24.6. The number of aliphatic hydroxyl groups is 1. The minimum absolute atomic E-state index is 0.0153. The van der Waals surface area contributed by atoms with Gasteiger partial charge in [-0.15, -0.1) is 0 Å². The van der Waals surface area contributed by atoms with Crippen molar-refractivity contribution in [3.8, 4) is 0 Å².